The lowest BCUT2D eigenvalue weighted by atomic mass is 10.0. The molecule has 0 bridgehead atoms. The largest absolute Gasteiger partial charge is 0.310 e. The molecule has 1 amide bonds. The Morgan fingerprint density at radius 3 is 2.74 bits per heavy atom. The van der Waals surface area contributed by atoms with E-state index in [1.54, 1.807) is 11.7 Å². The average molecular weight is 432 g/mol. The van der Waals surface area contributed by atoms with Crippen molar-refractivity contribution < 1.29 is 4.79 Å². The molecule has 0 aliphatic heterocycles. The summed E-state index contributed by atoms with van der Waals surface area (Å²) in [5.74, 6) is 0.677. The van der Waals surface area contributed by atoms with Crippen LogP contribution in [0.3, 0.4) is 0 Å². The lowest BCUT2D eigenvalue weighted by molar-refractivity contribution is -0.113. The van der Waals surface area contributed by atoms with Gasteiger partial charge in [-0.15, -0.1) is 5.10 Å². The minimum Gasteiger partial charge on any atom is -0.310 e. The third-order valence-electron chi connectivity index (χ3n) is 5.29. The number of tetrazole rings is 1. The van der Waals surface area contributed by atoms with E-state index in [1.165, 1.54) is 34.0 Å². The van der Waals surface area contributed by atoms with Crippen LogP contribution in [0, 0.1) is 0 Å². The number of hydrogen-bond acceptors (Lipinski definition) is 6. The predicted molar refractivity (Wildman–Crippen MR) is 119 cm³/mol. The van der Waals surface area contributed by atoms with Gasteiger partial charge in [-0.1, -0.05) is 42.1 Å². The number of thioether (sulfide) groups is 1. The molecule has 4 aromatic rings. The summed E-state index contributed by atoms with van der Waals surface area (Å²) in [6.45, 7) is 0. The third-order valence-corrected chi connectivity index (χ3v) is 6.30. The maximum atomic E-state index is 12.7. The van der Waals surface area contributed by atoms with Crippen molar-refractivity contribution in [2.45, 2.75) is 24.4 Å². The van der Waals surface area contributed by atoms with Crippen LogP contribution in [0.25, 0.3) is 16.9 Å². The first-order chi connectivity index (χ1) is 15.2. The van der Waals surface area contributed by atoms with Crippen LogP contribution >= 0.6 is 11.8 Å². The van der Waals surface area contributed by atoms with Crippen LogP contribution in [0.1, 0.15) is 17.5 Å². The zero-order chi connectivity index (χ0) is 21.2. The number of nitrogens with one attached hydrogen (secondary N) is 1. The summed E-state index contributed by atoms with van der Waals surface area (Å²) in [6, 6.07) is 18.3. The molecule has 8 nitrogen and oxygen atoms in total. The van der Waals surface area contributed by atoms with Crippen LogP contribution in [-0.4, -0.2) is 41.6 Å². The summed E-state index contributed by atoms with van der Waals surface area (Å²) in [5.41, 5.74) is 5.60. The molecule has 0 saturated carbocycles. The Hall–Kier alpha value is -3.46. The molecule has 0 spiro atoms. The van der Waals surface area contributed by atoms with Crippen LogP contribution in [0.15, 0.2) is 59.8 Å². The fraction of sp³-hybridized carbons (Fsp3) is 0.227. The first-order valence-corrected chi connectivity index (χ1v) is 11.1. The van der Waals surface area contributed by atoms with Crippen LogP contribution in [0.4, 0.5) is 5.82 Å². The van der Waals surface area contributed by atoms with Crippen LogP contribution < -0.4 is 5.32 Å². The van der Waals surface area contributed by atoms with Gasteiger partial charge >= 0.3 is 0 Å². The number of amides is 1. The highest BCUT2D eigenvalue weighted by Gasteiger charge is 2.17. The number of hydrogen-bond donors (Lipinski definition) is 1. The zero-order valence-corrected chi connectivity index (χ0v) is 17.8. The molecule has 156 valence electrons. The van der Waals surface area contributed by atoms with E-state index < -0.39 is 0 Å². The van der Waals surface area contributed by atoms with Crippen molar-refractivity contribution in [3.8, 4) is 16.9 Å². The molecule has 1 aliphatic rings. The quantitative estimate of drug-likeness (QED) is 0.471. The fourth-order valence-electron chi connectivity index (χ4n) is 3.76. The van der Waals surface area contributed by atoms with Gasteiger partial charge in [0.2, 0.25) is 11.1 Å². The smallest absolute Gasteiger partial charge is 0.236 e. The van der Waals surface area contributed by atoms with Crippen molar-refractivity contribution in [1.82, 2.24) is 30.0 Å². The van der Waals surface area contributed by atoms with Gasteiger partial charge in [-0.25, -0.2) is 9.36 Å². The molecule has 2 heterocycles. The molecule has 31 heavy (non-hydrogen) atoms. The van der Waals surface area contributed by atoms with E-state index in [9.17, 15) is 4.79 Å². The van der Waals surface area contributed by atoms with E-state index in [1.807, 2.05) is 36.4 Å². The van der Waals surface area contributed by atoms with E-state index in [2.05, 4.69) is 39.0 Å². The van der Waals surface area contributed by atoms with E-state index in [0.717, 1.165) is 29.8 Å². The minimum absolute atomic E-state index is 0.148. The molecule has 1 N–H and O–H groups in total. The van der Waals surface area contributed by atoms with Crippen molar-refractivity contribution in [2.75, 3.05) is 11.1 Å². The molecule has 2 aromatic heterocycles. The second kappa shape index (κ2) is 8.35. The number of nitrogens with zero attached hydrogens (tertiary/aromatic N) is 6. The van der Waals surface area contributed by atoms with Gasteiger partial charge in [-0.05, 0) is 59.0 Å². The normalized spacial score (nSPS) is 12.7. The number of aromatic nitrogens is 6. The van der Waals surface area contributed by atoms with Gasteiger partial charge in [-0.3, -0.25) is 4.79 Å². The van der Waals surface area contributed by atoms with E-state index in [4.69, 9.17) is 5.10 Å². The summed E-state index contributed by atoms with van der Waals surface area (Å²) < 4.78 is 3.31. The van der Waals surface area contributed by atoms with Crippen molar-refractivity contribution >= 4 is 23.5 Å². The molecule has 2 aromatic carbocycles. The highest BCUT2D eigenvalue weighted by atomic mass is 32.2. The monoisotopic (exact) mass is 431 g/mol. The SMILES string of the molecule is Cn1nnnc1SCC(=O)Nc1cc(-c2ccc3c(c2)CCC3)nn1-c1ccccc1. The topological polar surface area (TPSA) is 90.5 Å². The van der Waals surface area contributed by atoms with Gasteiger partial charge in [0.05, 0.1) is 17.1 Å². The second-order valence-electron chi connectivity index (χ2n) is 7.42. The molecule has 0 radical (unpaired) electrons. The molecule has 5 rings (SSSR count). The average Bonchev–Trinajstić information content (AvgIpc) is 3.52. The Bertz CT molecular complexity index is 1230. The molecular formula is C22H21N7OS. The second-order valence-corrected chi connectivity index (χ2v) is 8.36. The number of benzene rings is 2. The Kier molecular flexibility index (Phi) is 5.25. The number of fused-ring (bicyclic) bond motifs is 1. The van der Waals surface area contributed by atoms with Gasteiger partial charge < -0.3 is 5.32 Å². The number of anilines is 1. The Labute approximate surface area is 183 Å². The van der Waals surface area contributed by atoms with Crippen LogP contribution in [0.2, 0.25) is 0 Å². The van der Waals surface area contributed by atoms with Crippen molar-refractivity contribution in [3.05, 3.63) is 65.7 Å². The Balaban J connectivity index is 1.42. The summed E-state index contributed by atoms with van der Waals surface area (Å²) in [6.07, 6.45) is 3.46. The summed E-state index contributed by atoms with van der Waals surface area (Å²) >= 11 is 1.28. The molecular weight excluding hydrogens is 410 g/mol. The standard InChI is InChI=1S/C22H21N7OS/c1-28-22(24-26-27-28)31-14-21(30)23-20-13-19(25-29(20)18-8-3-2-4-9-18)17-11-10-15-6-5-7-16(15)12-17/h2-4,8-13H,5-7,14H2,1H3,(H,23,30). The van der Waals surface area contributed by atoms with Gasteiger partial charge in [-0.2, -0.15) is 5.10 Å². The van der Waals surface area contributed by atoms with E-state index >= 15 is 0 Å². The molecule has 0 unspecified atom stereocenters. The number of carbonyl (C=O) groups is 1. The van der Waals surface area contributed by atoms with Gasteiger partial charge in [0.15, 0.2) is 0 Å². The molecule has 0 saturated heterocycles. The number of para-hydroxylation sites is 1. The number of aryl methyl sites for hydroxylation is 3. The molecule has 0 fully saturated rings. The summed E-state index contributed by atoms with van der Waals surface area (Å²) in [4.78, 5) is 12.7. The van der Waals surface area contributed by atoms with Crippen molar-refractivity contribution in [1.29, 1.82) is 0 Å². The maximum absolute atomic E-state index is 12.7. The molecule has 1 aliphatic carbocycles. The van der Waals surface area contributed by atoms with Gasteiger partial charge in [0.1, 0.15) is 5.82 Å². The maximum Gasteiger partial charge on any atom is 0.236 e. The Morgan fingerprint density at radius 2 is 1.94 bits per heavy atom. The van der Waals surface area contributed by atoms with Crippen molar-refractivity contribution in [2.24, 2.45) is 7.05 Å². The van der Waals surface area contributed by atoms with Gasteiger partial charge in [0.25, 0.3) is 0 Å². The fourth-order valence-corrected chi connectivity index (χ4v) is 4.41. The van der Waals surface area contributed by atoms with E-state index in [-0.39, 0.29) is 11.7 Å². The predicted octanol–water partition coefficient (Wildman–Crippen LogP) is 3.28. The summed E-state index contributed by atoms with van der Waals surface area (Å²) in [7, 11) is 1.74. The summed E-state index contributed by atoms with van der Waals surface area (Å²) in [5, 5.41) is 19.7. The van der Waals surface area contributed by atoms with Crippen molar-refractivity contribution in [3.63, 3.8) is 0 Å². The van der Waals surface area contributed by atoms with Crippen LogP contribution in [0.5, 0.6) is 0 Å². The number of carbonyl (C=O) groups excluding carboxylic acids is 1. The Morgan fingerprint density at radius 1 is 1.10 bits per heavy atom. The van der Waals surface area contributed by atoms with Crippen LogP contribution in [-0.2, 0) is 24.7 Å². The first-order valence-electron chi connectivity index (χ1n) is 10.1. The zero-order valence-electron chi connectivity index (χ0n) is 17.0. The number of rotatable bonds is 6. The lowest BCUT2D eigenvalue weighted by Gasteiger charge is -2.08. The lowest BCUT2D eigenvalue weighted by Crippen LogP contribution is -2.17. The highest BCUT2D eigenvalue weighted by Crippen LogP contribution is 2.30. The van der Waals surface area contributed by atoms with E-state index in [0.29, 0.717) is 11.0 Å². The molecule has 9 heteroatoms. The highest BCUT2D eigenvalue weighted by molar-refractivity contribution is 7.99. The van der Waals surface area contributed by atoms with Gasteiger partial charge in [0, 0.05) is 18.7 Å². The first kappa shape index (κ1) is 19.5. The molecule has 0 atom stereocenters. The third kappa shape index (κ3) is 4.09. The minimum atomic E-state index is -0.148.